The van der Waals surface area contributed by atoms with Gasteiger partial charge >= 0.3 is 5.97 Å². The number of fused-ring (bicyclic) bond motifs is 1. The van der Waals surface area contributed by atoms with Crippen LogP contribution < -0.4 is 16.4 Å². The monoisotopic (exact) mass is 488 g/mol. The first-order chi connectivity index (χ1) is 17.3. The van der Waals surface area contributed by atoms with Gasteiger partial charge in [-0.3, -0.25) is 29.8 Å². The summed E-state index contributed by atoms with van der Waals surface area (Å²) in [7, 11) is 1.37. The van der Waals surface area contributed by atoms with E-state index in [-0.39, 0.29) is 29.8 Å². The number of aryl methyl sites for hydroxylation is 1. The summed E-state index contributed by atoms with van der Waals surface area (Å²) in [5, 5.41) is 5.12. The van der Waals surface area contributed by atoms with Gasteiger partial charge in [0.15, 0.2) is 0 Å². The van der Waals surface area contributed by atoms with Gasteiger partial charge in [0, 0.05) is 24.2 Å². The Morgan fingerprint density at radius 1 is 1.06 bits per heavy atom. The SMILES string of the molecule is CCn1c(NNC(=O)c2ccc(-n3nc(C)c(CCC(=O)OC)c3C)cc2)nc2ccccc2c1=O. The predicted molar refractivity (Wildman–Crippen MR) is 136 cm³/mol. The van der Waals surface area contributed by atoms with Gasteiger partial charge in [-0.25, -0.2) is 9.67 Å². The molecule has 0 spiro atoms. The highest BCUT2D eigenvalue weighted by atomic mass is 16.5. The van der Waals surface area contributed by atoms with E-state index in [9.17, 15) is 14.4 Å². The Balaban J connectivity index is 1.49. The van der Waals surface area contributed by atoms with E-state index in [1.54, 1.807) is 53.2 Å². The summed E-state index contributed by atoms with van der Waals surface area (Å²) < 4.78 is 7.99. The summed E-state index contributed by atoms with van der Waals surface area (Å²) in [5.41, 5.74) is 9.75. The van der Waals surface area contributed by atoms with Crippen molar-refractivity contribution in [3.63, 3.8) is 0 Å². The van der Waals surface area contributed by atoms with Crippen LogP contribution in [-0.2, 0) is 22.5 Å². The van der Waals surface area contributed by atoms with E-state index in [2.05, 4.69) is 20.9 Å². The number of esters is 1. The van der Waals surface area contributed by atoms with Crippen molar-refractivity contribution in [3.8, 4) is 5.69 Å². The number of hydrazine groups is 1. The molecule has 2 N–H and O–H groups in total. The first kappa shape index (κ1) is 24.6. The molecule has 0 aliphatic heterocycles. The van der Waals surface area contributed by atoms with Gasteiger partial charge < -0.3 is 4.74 Å². The third-order valence-corrected chi connectivity index (χ3v) is 6.09. The second-order valence-electron chi connectivity index (χ2n) is 8.27. The topological polar surface area (TPSA) is 120 Å². The number of anilines is 1. The average molecular weight is 489 g/mol. The number of rotatable bonds is 8. The molecule has 0 aliphatic rings. The van der Waals surface area contributed by atoms with Gasteiger partial charge in [0.1, 0.15) is 0 Å². The number of hydrogen-bond donors (Lipinski definition) is 2. The molecule has 1 amide bonds. The Bertz CT molecular complexity index is 1490. The maximum atomic E-state index is 12.8. The number of carbonyl (C=O) groups is 2. The quantitative estimate of drug-likeness (QED) is 0.289. The number of nitrogens with zero attached hydrogens (tertiary/aromatic N) is 4. The summed E-state index contributed by atoms with van der Waals surface area (Å²) >= 11 is 0. The Morgan fingerprint density at radius 2 is 1.78 bits per heavy atom. The number of carbonyl (C=O) groups excluding carboxylic acids is 2. The van der Waals surface area contributed by atoms with Crippen molar-refractivity contribution in [2.24, 2.45) is 0 Å². The average Bonchev–Trinajstić information content (AvgIpc) is 3.18. The van der Waals surface area contributed by atoms with Crippen molar-refractivity contribution in [1.29, 1.82) is 0 Å². The molecule has 4 rings (SSSR count). The molecule has 2 heterocycles. The van der Waals surface area contributed by atoms with E-state index < -0.39 is 0 Å². The van der Waals surface area contributed by atoms with Crippen LogP contribution in [0.5, 0.6) is 0 Å². The standard InChI is InChI=1S/C26H28N6O4/c1-5-31-25(35)21-8-6-7-9-22(21)27-26(31)29-28-24(34)18-10-12-19(13-11-18)32-17(3)20(16(2)30-32)14-15-23(33)36-4/h6-13H,5,14-15H2,1-4H3,(H,27,29)(H,28,34). The van der Waals surface area contributed by atoms with E-state index >= 15 is 0 Å². The molecule has 0 fully saturated rings. The lowest BCUT2D eigenvalue weighted by Gasteiger charge is -2.14. The third-order valence-electron chi connectivity index (χ3n) is 6.09. The molecule has 0 saturated carbocycles. The van der Waals surface area contributed by atoms with E-state index in [0.717, 1.165) is 22.6 Å². The fourth-order valence-corrected chi connectivity index (χ4v) is 4.11. The molecule has 0 aliphatic carbocycles. The molecule has 0 atom stereocenters. The molecular weight excluding hydrogens is 460 g/mol. The molecule has 36 heavy (non-hydrogen) atoms. The normalized spacial score (nSPS) is 10.9. The highest BCUT2D eigenvalue weighted by Gasteiger charge is 2.15. The van der Waals surface area contributed by atoms with Gasteiger partial charge in [-0.1, -0.05) is 12.1 Å². The first-order valence-electron chi connectivity index (χ1n) is 11.6. The Kier molecular flexibility index (Phi) is 7.14. The zero-order valence-electron chi connectivity index (χ0n) is 20.7. The predicted octanol–water partition coefficient (Wildman–Crippen LogP) is 3.08. The lowest BCUT2D eigenvalue weighted by atomic mass is 10.1. The second-order valence-corrected chi connectivity index (χ2v) is 8.27. The van der Waals surface area contributed by atoms with Crippen molar-refractivity contribution < 1.29 is 14.3 Å². The number of benzene rings is 2. The van der Waals surface area contributed by atoms with Gasteiger partial charge in [0.2, 0.25) is 5.95 Å². The van der Waals surface area contributed by atoms with E-state index in [1.807, 2.05) is 20.8 Å². The van der Waals surface area contributed by atoms with Crippen LogP contribution in [0.15, 0.2) is 53.3 Å². The number of methoxy groups -OCH3 is 1. The molecule has 2 aromatic heterocycles. The van der Waals surface area contributed by atoms with Crippen molar-refractivity contribution in [1.82, 2.24) is 24.8 Å². The van der Waals surface area contributed by atoms with Gasteiger partial charge in [0.05, 0.1) is 29.4 Å². The Hall–Kier alpha value is -4.47. The minimum atomic E-state index is -0.376. The molecule has 186 valence electrons. The highest BCUT2D eigenvalue weighted by Crippen LogP contribution is 2.20. The van der Waals surface area contributed by atoms with E-state index in [0.29, 0.717) is 29.4 Å². The minimum absolute atomic E-state index is 0.181. The van der Waals surface area contributed by atoms with Crippen LogP contribution in [0.1, 0.15) is 40.7 Å². The molecule has 4 aromatic rings. The van der Waals surface area contributed by atoms with Gasteiger partial charge in [0.25, 0.3) is 11.5 Å². The van der Waals surface area contributed by atoms with Crippen molar-refractivity contribution in [2.45, 2.75) is 40.2 Å². The number of amides is 1. The molecular formula is C26H28N6O4. The Morgan fingerprint density at radius 3 is 2.47 bits per heavy atom. The van der Waals surface area contributed by atoms with Gasteiger partial charge in [-0.2, -0.15) is 5.10 Å². The van der Waals surface area contributed by atoms with Gasteiger partial charge in [-0.05, 0) is 69.2 Å². The lowest BCUT2D eigenvalue weighted by molar-refractivity contribution is -0.140. The highest BCUT2D eigenvalue weighted by molar-refractivity contribution is 5.95. The van der Waals surface area contributed by atoms with E-state index in [1.165, 1.54) is 11.7 Å². The van der Waals surface area contributed by atoms with Crippen LogP contribution >= 0.6 is 0 Å². The number of aromatic nitrogens is 4. The fraction of sp³-hybridized carbons (Fsp3) is 0.269. The van der Waals surface area contributed by atoms with Crippen molar-refractivity contribution in [2.75, 3.05) is 12.5 Å². The summed E-state index contributed by atoms with van der Waals surface area (Å²) in [4.78, 5) is 41.5. The minimum Gasteiger partial charge on any atom is -0.469 e. The summed E-state index contributed by atoms with van der Waals surface area (Å²) in [5.74, 6) is -0.382. The third kappa shape index (κ3) is 4.83. The van der Waals surface area contributed by atoms with Crippen LogP contribution in [0.25, 0.3) is 16.6 Å². The van der Waals surface area contributed by atoms with Crippen LogP contribution in [0.2, 0.25) is 0 Å². The smallest absolute Gasteiger partial charge is 0.305 e. The number of nitrogens with one attached hydrogen (secondary N) is 2. The van der Waals surface area contributed by atoms with Crippen LogP contribution in [-0.4, -0.2) is 38.3 Å². The van der Waals surface area contributed by atoms with E-state index in [4.69, 9.17) is 4.74 Å². The maximum absolute atomic E-state index is 12.8. The second kappa shape index (κ2) is 10.4. The molecule has 2 aromatic carbocycles. The van der Waals surface area contributed by atoms with Gasteiger partial charge in [-0.15, -0.1) is 0 Å². The number of ether oxygens (including phenoxy) is 1. The maximum Gasteiger partial charge on any atom is 0.305 e. The van der Waals surface area contributed by atoms with Crippen molar-refractivity contribution >= 4 is 28.7 Å². The first-order valence-corrected chi connectivity index (χ1v) is 11.6. The van der Waals surface area contributed by atoms with Crippen LogP contribution in [0.3, 0.4) is 0 Å². The molecule has 0 radical (unpaired) electrons. The molecule has 0 bridgehead atoms. The molecule has 0 saturated heterocycles. The summed E-state index contributed by atoms with van der Waals surface area (Å²) in [6, 6.07) is 14.1. The summed E-state index contributed by atoms with van der Waals surface area (Å²) in [6.07, 6.45) is 0.829. The fourth-order valence-electron chi connectivity index (χ4n) is 4.11. The molecule has 10 nitrogen and oxygen atoms in total. The van der Waals surface area contributed by atoms with Crippen molar-refractivity contribution in [3.05, 3.63) is 81.4 Å². The number of para-hydroxylation sites is 1. The molecule has 10 heteroatoms. The number of hydrogen-bond acceptors (Lipinski definition) is 7. The lowest BCUT2D eigenvalue weighted by Crippen LogP contribution is -2.34. The van der Waals surface area contributed by atoms with Crippen LogP contribution in [0, 0.1) is 13.8 Å². The zero-order valence-corrected chi connectivity index (χ0v) is 20.7. The summed E-state index contributed by atoms with van der Waals surface area (Å²) in [6.45, 7) is 6.08. The van der Waals surface area contributed by atoms with Crippen LogP contribution in [0.4, 0.5) is 5.95 Å². The Labute approximate surface area is 207 Å². The largest absolute Gasteiger partial charge is 0.469 e. The zero-order chi connectivity index (χ0) is 25.8. The molecule has 0 unspecified atom stereocenters.